The van der Waals surface area contributed by atoms with Crippen molar-refractivity contribution >= 4 is 83.9 Å². The minimum absolute atomic E-state index is 0.0193. The van der Waals surface area contributed by atoms with Crippen LogP contribution >= 0.6 is 23.5 Å². The van der Waals surface area contributed by atoms with Crippen LogP contribution in [0.1, 0.15) is 44.5 Å². The number of aromatic hydroxyl groups is 1. The average molecular weight is 616 g/mol. The Morgan fingerprint density at radius 1 is 1.00 bits per heavy atom. The van der Waals surface area contributed by atoms with Gasteiger partial charge in [0.05, 0.1) is 34.6 Å². The molecule has 1 fully saturated rings. The molecule has 1 saturated heterocycles. The van der Waals surface area contributed by atoms with Crippen molar-refractivity contribution in [1.82, 2.24) is 14.1 Å². The van der Waals surface area contributed by atoms with Gasteiger partial charge in [0, 0.05) is 51.1 Å². The topological polar surface area (TPSA) is 102 Å². The van der Waals surface area contributed by atoms with Crippen molar-refractivity contribution in [3.8, 4) is 5.88 Å². The molecule has 3 atom stereocenters. The SMILES string of the molecule is CCSCc1ccc2c(c1)c1c3c(O)[nH]cc3c3c4cc(CSCC)ccc4n4c3c1n2[C@H]1C[C@](O)(C(=O)OC)[C@]4(C)O1. The fourth-order valence-corrected chi connectivity index (χ4v) is 8.82. The lowest BCUT2D eigenvalue weighted by Gasteiger charge is -2.37. The third kappa shape index (κ3) is 3.35. The third-order valence-electron chi connectivity index (χ3n) is 9.49. The first-order valence-electron chi connectivity index (χ1n) is 14.7. The molecule has 43 heavy (non-hydrogen) atoms. The number of esters is 1. The summed E-state index contributed by atoms with van der Waals surface area (Å²) in [4.78, 5) is 16.6. The van der Waals surface area contributed by atoms with Crippen LogP contribution in [0.3, 0.4) is 0 Å². The van der Waals surface area contributed by atoms with Crippen molar-refractivity contribution in [1.29, 1.82) is 0 Å². The van der Waals surface area contributed by atoms with E-state index >= 15 is 0 Å². The first-order valence-corrected chi connectivity index (χ1v) is 17.0. The van der Waals surface area contributed by atoms with Crippen molar-refractivity contribution in [2.75, 3.05) is 18.6 Å². The van der Waals surface area contributed by atoms with Crippen LogP contribution in [0.25, 0.3) is 54.4 Å². The zero-order valence-corrected chi connectivity index (χ0v) is 26.1. The van der Waals surface area contributed by atoms with Crippen molar-refractivity contribution in [3.05, 3.63) is 53.7 Å². The van der Waals surface area contributed by atoms with Gasteiger partial charge in [-0.1, -0.05) is 26.0 Å². The molecule has 0 saturated carbocycles. The number of rotatable bonds is 7. The van der Waals surface area contributed by atoms with Crippen molar-refractivity contribution < 1.29 is 24.5 Å². The summed E-state index contributed by atoms with van der Waals surface area (Å²) in [6.45, 7) is 6.10. The molecule has 3 aromatic carbocycles. The van der Waals surface area contributed by atoms with E-state index in [1.807, 2.05) is 34.3 Å². The Balaban J connectivity index is 1.62. The fraction of sp³-hybridized carbons (Fsp3) is 0.364. The second-order valence-corrected chi connectivity index (χ2v) is 14.2. The van der Waals surface area contributed by atoms with E-state index in [-0.39, 0.29) is 12.3 Å². The van der Waals surface area contributed by atoms with Gasteiger partial charge in [0.25, 0.3) is 0 Å². The Labute approximate surface area is 256 Å². The van der Waals surface area contributed by atoms with Crippen LogP contribution in [0.2, 0.25) is 0 Å². The molecule has 222 valence electrons. The van der Waals surface area contributed by atoms with Crippen LogP contribution in [-0.2, 0) is 31.5 Å². The molecule has 2 aliphatic rings. The van der Waals surface area contributed by atoms with Crippen LogP contribution in [-0.4, -0.2) is 54.5 Å². The Bertz CT molecular complexity index is 2150. The Kier molecular flexibility index (Phi) is 5.92. The first-order chi connectivity index (χ1) is 20.8. The van der Waals surface area contributed by atoms with Crippen molar-refractivity contribution in [2.45, 2.75) is 56.3 Å². The van der Waals surface area contributed by atoms with Crippen LogP contribution in [0, 0.1) is 0 Å². The van der Waals surface area contributed by atoms with Gasteiger partial charge in [-0.25, -0.2) is 4.79 Å². The summed E-state index contributed by atoms with van der Waals surface area (Å²) < 4.78 is 16.2. The van der Waals surface area contributed by atoms with Crippen molar-refractivity contribution in [3.63, 3.8) is 0 Å². The summed E-state index contributed by atoms with van der Waals surface area (Å²) in [7, 11) is 1.31. The number of benzene rings is 3. The lowest BCUT2D eigenvalue weighted by molar-refractivity contribution is -0.202. The van der Waals surface area contributed by atoms with E-state index in [9.17, 15) is 15.0 Å². The van der Waals surface area contributed by atoms with E-state index in [1.54, 1.807) is 6.92 Å². The number of H-pyrrole nitrogens is 1. The second-order valence-electron chi connectivity index (χ2n) is 11.7. The number of aromatic amines is 1. The number of ether oxygens (including phenoxy) is 2. The molecule has 0 unspecified atom stereocenters. The third-order valence-corrected chi connectivity index (χ3v) is 11.4. The lowest BCUT2D eigenvalue weighted by atomic mass is 9.89. The molecular formula is C33H33N3O5S2. The van der Waals surface area contributed by atoms with Crippen molar-refractivity contribution in [2.24, 2.45) is 0 Å². The van der Waals surface area contributed by atoms with E-state index in [4.69, 9.17) is 9.47 Å². The molecule has 8 nitrogen and oxygen atoms in total. The molecule has 8 rings (SSSR count). The maximum Gasteiger partial charge on any atom is 0.343 e. The number of nitrogens with zero attached hydrogens (tertiary/aromatic N) is 2. The first kappa shape index (κ1) is 27.3. The summed E-state index contributed by atoms with van der Waals surface area (Å²) in [6, 6.07) is 12.8. The largest absolute Gasteiger partial charge is 0.494 e. The number of aliphatic hydroxyl groups is 1. The van der Waals surface area contributed by atoms with E-state index in [2.05, 4.69) is 59.8 Å². The summed E-state index contributed by atoms with van der Waals surface area (Å²) in [6.07, 6.45) is 1.24. The predicted molar refractivity (Wildman–Crippen MR) is 175 cm³/mol. The molecular weight excluding hydrogens is 583 g/mol. The highest BCUT2D eigenvalue weighted by molar-refractivity contribution is 7.98. The summed E-state index contributed by atoms with van der Waals surface area (Å²) >= 11 is 3.72. The number of aromatic nitrogens is 3. The highest BCUT2D eigenvalue weighted by Crippen LogP contribution is 2.58. The molecule has 2 aliphatic heterocycles. The normalized spacial score (nSPS) is 23.0. The van der Waals surface area contributed by atoms with Gasteiger partial charge in [0.2, 0.25) is 5.60 Å². The van der Waals surface area contributed by atoms with Gasteiger partial charge in [0.15, 0.2) is 11.6 Å². The molecule has 3 aromatic heterocycles. The van der Waals surface area contributed by atoms with Gasteiger partial charge in [-0.05, 0) is 53.8 Å². The summed E-state index contributed by atoms with van der Waals surface area (Å²) in [5.41, 5.74) is 2.52. The van der Waals surface area contributed by atoms with Crippen LogP contribution in [0.5, 0.6) is 5.88 Å². The molecule has 10 heteroatoms. The zero-order valence-electron chi connectivity index (χ0n) is 24.5. The second kappa shape index (κ2) is 9.34. The van der Waals surface area contributed by atoms with Crippen LogP contribution in [0.4, 0.5) is 0 Å². The fourth-order valence-electron chi connectivity index (χ4n) is 7.58. The number of hydrogen-bond donors (Lipinski definition) is 3. The number of methoxy groups -OCH3 is 1. The Hall–Kier alpha value is -3.31. The van der Waals surface area contributed by atoms with Crippen LogP contribution < -0.4 is 0 Å². The Morgan fingerprint density at radius 3 is 2.30 bits per heavy atom. The minimum atomic E-state index is -1.95. The highest BCUT2D eigenvalue weighted by Gasteiger charge is 2.65. The average Bonchev–Trinajstić information content (AvgIpc) is 3.70. The molecule has 0 spiro atoms. The molecule has 3 N–H and O–H groups in total. The summed E-state index contributed by atoms with van der Waals surface area (Å²) in [5, 5.41) is 29.2. The number of thioether (sulfide) groups is 2. The summed E-state index contributed by atoms with van der Waals surface area (Å²) in [5.74, 6) is 3.16. The molecule has 6 aromatic rings. The van der Waals surface area contributed by atoms with E-state index < -0.39 is 23.5 Å². The van der Waals surface area contributed by atoms with Gasteiger partial charge in [-0.2, -0.15) is 23.5 Å². The zero-order chi connectivity index (χ0) is 29.8. The standard InChI is InChI=1S/C33H33N3O5S2/c1-5-42-15-17-7-9-22-19(11-17)26-27-21(14-34-30(27)37)25-20-12-18(16-43-6-2)8-10-23(20)36-29(25)28(26)35(22)24-13-33(39,31(38)40-4)32(36,3)41-24/h7-12,14,24,34,37,39H,5-6,13,15-16H2,1-4H3/t24-,32+,33+/m1/s1. The monoisotopic (exact) mass is 615 g/mol. The molecule has 0 radical (unpaired) electrons. The van der Waals surface area contributed by atoms with E-state index in [0.29, 0.717) is 0 Å². The van der Waals surface area contributed by atoms with Gasteiger partial charge < -0.3 is 33.8 Å². The van der Waals surface area contributed by atoms with E-state index in [0.717, 1.165) is 77.4 Å². The molecule has 2 bridgehead atoms. The number of fused-ring (bicyclic) bond motifs is 13. The maximum atomic E-state index is 13.4. The Morgan fingerprint density at radius 2 is 1.65 bits per heavy atom. The quantitative estimate of drug-likeness (QED) is 0.165. The number of carbonyl (C=O) groups excluding carboxylic acids is 1. The van der Waals surface area contributed by atoms with Gasteiger partial charge in [0.1, 0.15) is 6.23 Å². The highest BCUT2D eigenvalue weighted by atomic mass is 32.2. The van der Waals surface area contributed by atoms with Crippen LogP contribution in [0.15, 0.2) is 42.6 Å². The number of nitrogens with one attached hydrogen (secondary N) is 1. The molecule has 0 aliphatic carbocycles. The molecule has 0 amide bonds. The van der Waals surface area contributed by atoms with E-state index in [1.165, 1.54) is 18.2 Å². The van der Waals surface area contributed by atoms with Gasteiger partial charge in [-0.15, -0.1) is 0 Å². The lowest BCUT2D eigenvalue weighted by Crippen LogP contribution is -2.56. The number of carbonyl (C=O) groups is 1. The van der Waals surface area contributed by atoms with Gasteiger partial charge in [-0.3, -0.25) is 0 Å². The number of hydrogen-bond acceptors (Lipinski definition) is 7. The van der Waals surface area contributed by atoms with Gasteiger partial charge >= 0.3 is 5.97 Å². The maximum absolute atomic E-state index is 13.4. The molecule has 5 heterocycles. The minimum Gasteiger partial charge on any atom is -0.494 e. The smallest absolute Gasteiger partial charge is 0.343 e. The predicted octanol–water partition coefficient (Wildman–Crippen LogP) is 7.10.